The highest BCUT2D eigenvalue weighted by atomic mass is 15.2. The second kappa shape index (κ2) is 8.53. The van der Waals surface area contributed by atoms with Crippen molar-refractivity contribution in [2.75, 3.05) is 6.54 Å². The number of unbranched alkanes of at least 4 members (excludes halogenated alkanes) is 1. The lowest BCUT2D eigenvalue weighted by atomic mass is 9.93. The summed E-state index contributed by atoms with van der Waals surface area (Å²) < 4.78 is 0. The Labute approximate surface area is 113 Å². The van der Waals surface area contributed by atoms with Crippen LogP contribution in [0, 0.1) is 17.2 Å². The molecule has 1 aliphatic carbocycles. The molecule has 0 saturated heterocycles. The van der Waals surface area contributed by atoms with Crippen LogP contribution in [0.1, 0.15) is 72.1 Å². The van der Waals surface area contributed by atoms with E-state index in [-0.39, 0.29) is 5.92 Å². The standard InChI is InChI=1S/C16H30N2/c1-4-6-12-18(14(3)5-2)16-11-9-7-8-10-15(16)13-17/h14-16H,4-12H2,1-3H3. The van der Waals surface area contributed by atoms with Crippen LogP contribution in [0.25, 0.3) is 0 Å². The van der Waals surface area contributed by atoms with Gasteiger partial charge in [0, 0.05) is 12.1 Å². The third-order valence-corrected chi connectivity index (χ3v) is 4.50. The lowest BCUT2D eigenvalue weighted by molar-refractivity contribution is 0.104. The minimum Gasteiger partial charge on any atom is -0.296 e. The minimum atomic E-state index is 0.262. The summed E-state index contributed by atoms with van der Waals surface area (Å²) in [5.74, 6) is 0.262. The van der Waals surface area contributed by atoms with Crippen LogP contribution >= 0.6 is 0 Å². The van der Waals surface area contributed by atoms with Crippen molar-refractivity contribution in [3.63, 3.8) is 0 Å². The van der Waals surface area contributed by atoms with E-state index in [2.05, 4.69) is 31.7 Å². The second-order valence-corrected chi connectivity index (χ2v) is 5.79. The van der Waals surface area contributed by atoms with Crippen LogP contribution in [0.15, 0.2) is 0 Å². The fourth-order valence-corrected chi connectivity index (χ4v) is 3.12. The number of nitriles is 1. The van der Waals surface area contributed by atoms with Gasteiger partial charge < -0.3 is 0 Å². The van der Waals surface area contributed by atoms with Gasteiger partial charge in [-0.2, -0.15) is 5.26 Å². The highest BCUT2D eigenvalue weighted by Gasteiger charge is 2.30. The van der Waals surface area contributed by atoms with E-state index in [9.17, 15) is 5.26 Å². The molecule has 18 heavy (non-hydrogen) atoms. The molecule has 3 atom stereocenters. The minimum absolute atomic E-state index is 0.262. The molecule has 0 amide bonds. The average Bonchev–Trinajstić information content (AvgIpc) is 2.64. The molecule has 0 aromatic heterocycles. The van der Waals surface area contributed by atoms with E-state index in [0.717, 1.165) is 6.42 Å². The van der Waals surface area contributed by atoms with E-state index in [1.165, 1.54) is 51.5 Å². The molecule has 0 aromatic rings. The van der Waals surface area contributed by atoms with Crippen molar-refractivity contribution < 1.29 is 0 Å². The van der Waals surface area contributed by atoms with E-state index in [1.54, 1.807) is 0 Å². The molecule has 0 aliphatic heterocycles. The van der Waals surface area contributed by atoms with Crippen molar-refractivity contribution in [3.05, 3.63) is 0 Å². The van der Waals surface area contributed by atoms with Gasteiger partial charge in [-0.05, 0) is 39.2 Å². The van der Waals surface area contributed by atoms with Crippen molar-refractivity contribution in [3.8, 4) is 6.07 Å². The molecule has 3 unspecified atom stereocenters. The molecule has 1 fully saturated rings. The highest BCUT2D eigenvalue weighted by Crippen LogP contribution is 2.29. The zero-order valence-corrected chi connectivity index (χ0v) is 12.5. The van der Waals surface area contributed by atoms with Gasteiger partial charge in [0.25, 0.3) is 0 Å². The van der Waals surface area contributed by atoms with Crippen molar-refractivity contribution in [1.29, 1.82) is 5.26 Å². The van der Waals surface area contributed by atoms with Crippen molar-refractivity contribution >= 4 is 0 Å². The molecule has 104 valence electrons. The van der Waals surface area contributed by atoms with E-state index in [1.807, 2.05) is 0 Å². The maximum absolute atomic E-state index is 9.44. The maximum Gasteiger partial charge on any atom is 0.0672 e. The lowest BCUT2D eigenvalue weighted by Crippen LogP contribution is -2.45. The average molecular weight is 250 g/mol. The van der Waals surface area contributed by atoms with Crippen LogP contribution in [0.2, 0.25) is 0 Å². The van der Waals surface area contributed by atoms with Gasteiger partial charge in [0.1, 0.15) is 0 Å². The zero-order valence-electron chi connectivity index (χ0n) is 12.5. The molecule has 1 aliphatic rings. The first kappa shape index (κ1) is 15.5. The summed E-state index contributed by atoms with van der Waals surface area (Å²) in [6.07, 6.45) is 9.91. The normalized spacial score (nSPS) is 26.6. The number of hydrogen-bond donors (Lipinski definition) is 0. The van der Waals surface area contributed by atoms with Crippen molar-refractivity contribution in [2.45, 2.75) is 84.2 Å². The fourth-order valence-electron chi connectivity index (χ4n) is 3.12. The molecular weight excluding hydrogens is 220 g/mol. The molecule has 2 heteroatoms. The SMILES string of the molecule is CCCCN(C(C)CC)C1CCCCCC1C#N. The van der Waals surface area contributed by atoms with Gasteiger partial charge in [-0.1, -0.05) is 39.5 Å². The summed E-state index contributed by atoms with van der Waals surface area (Å²) in [5, 5.41) is 9.44. The van der Waals surface area contributed by atoms with Crippen LogP contribution in [0.3, 0.4) is 0 Å². The zero-order chi connectivity index (χ0) is 13.4. The van der Waals surface area contributed by atoms with Gasteiger partial charge in [-0.25, -0.2) is 0 Å². The van der Waals surface area contributed by atoms with Gasteiger partial charge >= 0.3 is 0 Å². The molecule has 0 spiro atoms. The first-order chi connectivity index (χ1) is 8.74. The molecule has 1 saturated carbocycles. The Kier molecular flexibility index (Phi) is 7.35. The maximum atomic E-state index is 9.44. The smallest absolute Gasteiger partial charge is 0.0672 e. The lowest BCUT2D eigenvalue weighted by Gasteiger charge is -2.38. The largest absolute Gasteiger partial charge is 0.296 e. The highest BCUT2D eigenvalue weighted by molar-refractivity contribution is 4.95. The third-order valence-electron chi connectivity index (χ3n) is 4.50. The van der Waals surface area contributed by atoms with Gasteiger partial charge in [-0.3, -0.25) is 4.90 Å². The number of hydrogen-bond acceptors (Lipinski definition) is 2. The van der Waals surface area contributed by atoms with Crippen LogP contribution in [-0.2, 0) is 0 Å². The summed E-state index contributed by atoms with van der Waals surface area (Å²) >= 11 is 0. The van der Waals surface area contributed by atoms with Gasteiger partial charge in [-0.15, -0.1) is 0 Å². The predicted molar refractivity (Wildman–Crippen MR) is 77.3 cm³/mol. The molecule has 0 radical (unpaired) electrons. The van der Waals surface area contributed by atoms with Crippen LogP contribution in [0.5, 0.6) is 0 Å². The van der Waals surface area contributed by atoms with Gasteiger partial charge in [0.2, 0.25) is 0 Å². The van der Waals surface area contributed by atoms with E-state index < -0.39 is 0 Å². The van der Waals surface area contributed by atoms with E-state index in [0.29, 0.717) is 12.1 Å². The molecular formula is C16H30N2. The second-order valence-electron chi connectivity index (χ2n) is 5.79. The van der Waals surface area contributed by atoms with Gasteiger partial charge in [0.05, 0.1) is 12.0 Å². The molecule has 0 aromatic carbocycles. The monoisotopic (exact) mass is 250 g/mol. The third kappa shape index (κ3) is 4.28. The summed E-state index contributed by atoms with van der Waals surface area (Å²) in [6, 6.07) is 3.72. The molecule has 1 rings (SSSR count). The Morgan fingerprint density at radius 1 is 1.22 bits per heavy atom. The fraction of sp³-hybridized carbons (Fsp3) is 0.938. The van der Waals surface area contributed by atoms with Crippen LogP contribution in [-0.4, -0.2) is 23.5 Å². The topological polar surface area (TPSA) is 27.0 Å². The predicted octanol–water partition coefficient (Wildman–Crippen LogP) is 4.36. The van der Waals surface area contributed by atoms with E-state index >= 15 is 0 Å². The van der Waals surface area contributed by atoms with Crippen LogP contribution < -0.4 is 0 Å². The van der Waals surface area contributed by atoms with Crippen molar-refractivity contribution in [2.24, 2.45) is 5.92 Å². The van der Waals surface area contributed by atoms with Crippen molar-refractivity contribution in [1.82, 2.24) is 4.90 Å². The Morgan fingerprint density at radius 3 is 2.56 bits per heavy atom. The number of nitrogens with zero attached hydrogens (tertiary/aromatic N) is 2. The molecule has 0 N–H and O–H groups in total. The molecule has 2 nitrogen and oxygen atoms in total. The van der Waals surface area contributed by atoms with Crippen LogP contribution in [0.4, 0.5) is 0 Å². The first-order valence-corrected chi connectivity index (χ1v) is 7.89. The molecule has 0 bridgehead atoms. The Morgan fingerprint density at radius 2 is 1.94 bits per heavy atom. The molecule has 0 heterocycles. The number of rotatable bonds is 6. The Hall–Kier alpha value is -0.550. The Bertz CT molecular complexity index is 256. The summed E-state index contributed by atoms with van der Waals surface area (Å²) in [6.45, 7) is 8.02. The van der Waals surface area contributed by atoms with E-state index in [4.69, 9.17) is 0 Å². The Balaban J connectivity index is 2.75. The first-order valence-electron chi connectivity index (χ1n) is 7.89. The summed E-state index contributed by atoms with van der Waals surface area (Å²) in [4.78, 5) is 2.64. The van der Waals surface area contributed by atoms with Gasteiger partial charge in [0.15, 0.2) is 0 Å². The summed E-state index contributed by atoms with van der Waals surface area (Å²) in [5.41, 5.74) is 0. The summed E-state index contributed by atoms with van der Waals surface area (Å²) in [7, 11) is 0. The quantitative estimate of drug-likeness (QED) is 0.655.